The Hall–Kier alpha value is -3.76. The number of nitro groups is 1. The second-order valence-electron chi connectivity index (χ2n) is 7.26. The molecule has 3 aromatic carbocycles. The average Bonchev–Trinajstić information content (AvgIpc) is 2.80. The van der Waals surface area contributed by atoms with Gasteiger partial charge in [-0.05, 0) is 42.8 Å². The smallest absolute Gasteiger partial charge is 0.274 e. The molecule has 0 saturated heterocycles. The Morgan fingerprint density at radius 1 is 1.03 bits per heavy atom. The van der Waals surface area contributed by atoms with Gasteiger partial charge in [-0.25, -0.2) is 8.42 Å². The predicted octanol–water partition coefficient (Wildman–Crippen LogP) is 3.74. The Morgan fingerprint density at radius 3 is 2.33 bits per heavy atom. The van der Waals surface area contributed by atoms with E-state index < -0.39 is 20.9 Å². The van der Waals surface area contributed by atoms with Crippen molar-refractivity contribution >= 4 is 27.3 Å². The summed E-state index contributed by atoms with van der Waals surface area (Å²) in [5.41, 5.74) is 1.43. The molecule has 3 rings (SSSR count). The van der Waals surface area contributed by atoms with Crippen LogP contribution in [0.25, 0.3) is 0 Å². The number of anilines is 1. The van der Waals surface area contributed by atoms with E-state index in [1.807, 2.05) is 30.3 Å². The maximum absolute atomic E-state index is 12.8. The highest BCUT2D eigenvalue weighted by molar-refractivity contribution is 7.89. The van der Waals surface area contributed by atoms with Crippen LogP contribution in [0.1, 0.15) is 11.1 Å². The Kier molecular flexibility index (Phi) is 7.41. The normalized spacial score (nSPS) is 11.2. The number of benzene rings is 3. The molecule has 0 aliphatic rings. The molecule has 172 valence electrons. The van der Waals surface area contributed by atoms with Crippen LogP contribution in [-0.4, -0.2) is 37.2 Å². The Balaban J connectivity index is 1.60. The Morgan fingerprint density at radius 2 is 1.70 bits per heavy atom. The summed E-state index contributed by atoms with van der Waals surface area (Å²) >= 11 is 0. The molecule has 0 radical (unpaired) electrons. The fourth-order valence-corrected chi connectivity index (χ4v) is 4.26. The Bertz CT molecular complexity index is 1240. The molecule has 0 fully saturated rings. The summed E-state index contributed by atoms with van der Waals surface area (Å²) in [6, 6.07) is 19.4. The predicted molar refractivity (Wildman–Crippen MR) is 123 cm³/mol. The molecule has 0 aromatic heterocycles. The standard InChI is InChI=1S/C23H23N3O6S/c1-17-21(9-6-10-22(17)26(28)29)24-23(27)16-32-19-11-13-20(14-12-19)33(30,31)25(2)15-18-7-4-3-5-8-18/h3-14H,15-16H2,1-2H3,(H,24,27). The van der Waals surface area contributed by atoms with Crippen LogP contribution >= 0.6 is 0 Å². The summed E-state index contributed by atoms with van der Waals surface area (Å²) in [5.74, 6) is -0.191. The molecule has 3 aromatic rings. The fourth-order valence-electron chi connectivity index (χ4n) is 3.11. The summed E-state index contributed by atoms with van der Waals surface area (Å²) < 4.78 is 32.3. The zero-order valence-corrected chi connectivity index (χ0v) is 18.9. The van der Waals surface area contributed by atoms with Crippen molar-refractivity contribution in [3.8, 4) is 5.75 Å². The van der Waals surface area contributed by atoms with E-state index in [0.29, 0.717) is 17.0 Å². The van der Waals surface area contributed by atoms with Gasteiger partial charge in [0.2, 0.25) is 10.0 Å². The molecular formula is C23H23N3O6S. The molecule has 10 heteroatoms. The van der Waals surface area contributed by atoms with Crippen molar-refractivity contribution in [2.45, 2.75) is 18.4 Å². The first-order valence-electron chi connectivity index (χ1n) is 9.95. The summed E-state index contributed by atoms with van der Waals surface area (Å²) in [6.45, 7) is 1.43. The van der Waals surface area contributed by atoms with Crippen LogP contribution in [0, 0.1) is 17.0 Å². The van der Waals surface area contributed by atoms with Gasteiger partial charge in [0.05, 0.1) is 21.1 Å². The molecular weight excluding hydrogens is 446 g/mol. The van der Waals surface area contributed by atoms with Gasteiger partial charge in [0, 0.05) is 19.7 Å². The van der Waals surface area contributed by atoms with Gasteiger partial charge in [-0.1, -0.05) is 36.4 Å². The van der Waals surface area contributed by atoms with E-state index in [1.54, 1.807) is 13.0 Å². The number of nitrogens with zero attached hydrogens (tertiary/aromatic N) is 2. The number of hydrogen-bond acceptors (Lipinski definition) is 6. The van der Waals surface area contributed by atoms with Crippen molar-refractivity contribution in [2.75, 3.05) is 19.0 Å². The van der Waals surface area contributed by atoms with Gasteiger partial charge in [-0.2, -0.15) is 4.31 Å². The van der Waals surface area contributed by atoms with Crippen LogP contribution in [0.5, 0.6) is 5.75 Å². The number of sulfonamides is 1. The van der Waals surface area contributed by atoms with E-state index in [-0.39, 0.29) is 23.7 Å². The van der Waals surface area contributed by atoms with E-state index in [0.717, 1.165) is 5.56 Å². The zero-order chi connectivity index (χ0) is 24.0. The topological polar surface area (TPSA) is 119 Å². The largest absolute Gasteiger partial charge is 0.484 e. The highest BCUT2D eigenvalue weighted by Gasteiger charge is 2.21. The molecule has 0 atom stereocenters. The second kappa shape index (κ2) is 10.2. The minimum Gasteiger partial charge on any atom is -0.484 e. The lowest BCUT2D eigenvalue weighted by Crippen LogP contribution is -2.26. The van der Waals surface area contributed by atoms with Gasteiger partial charge in [-0.3, -0.25) is 14.9 Å². The van der Waals surface area contributed by atoms with Crippen LogP contribution in [0.4, 0.5) is 11.4 Å². The molecule has 1 amide bonds. The van der Waals surface area contributed by atoms with Crippen LogP contribution in [0.3, 0.4) is 0 Å². The first kappa shape index (κ1) is 23.9. The number of carbonyl (C=O) groups is 1. The van der Waals surface area contributed by atoms with Gasteiger partial charge >= 0.3 is 0 Å². The molecule has 0 bridgehead atoms. The molecule has 0 saturated carbocycles. The third kappa shape index (κ3) is 5.93. The number of carbonyl (C=O) groups excluding carboxylic acids is 1. The van der Waals surface area contributed by atoms with Gasteiger partial charge in [-0.15, -0.1) is 0 Å². The number of rotatable bonds is 9. The summed E-state index contributed by atoms with van der Waals surface area (Å²) in [4.78, 5) is 22.8. The third-order valence-electron chi connectivity index (χ3n) is 4.93. The Labute approximate surface area is 191 Å². The van der Waals surface area contributed by atoms with Crippen molar-refractivity contribution in [1.29, 1.82) is 0 Å². The van der Waals surface area contributed by atoms with Crippen LogP contribution < -0.4 is 10.1 Å². The quantitative estimate of drug-likeness (QED) is 0.377. The third-order valence-corrected chi connectivity index (χ3v) is 6.74. The van der Waals surface area contributed by atoms with Gasteiger partial charge in [0.15, 0.2) is 6.61 Å². The van der Waals surface area contributed by atoms with Crippen molar-refractivity contribution in [3.05, 3.63) is 94.0 Å². The second-order valence-corrected chi connectivity index (χ2v) is 9.31. The van der Waals surface area contributed by atoms with E-state index in [9.17, 15) is 23.3 Å². The maximum atomic E-state index is 12.8. The maximum Gasteiger partial charge on any atom is 0.274 e. The van der Waals surface area contributed by atoms with E-state index in [1.165, 1.54) is 47.8 Å². The lowest BCUT2D eigenvalue weighted by Gasteiger charge is -2.17. The minimum atomic E-state index is -3.70. The lowest BCUT2D eigenvalue weighted by atomic mass is 10.1. The van der Waals surface area contributed by atoms with Crippen molar-refractivity contribution in [2.24, 2.45) is 0 Å². The van der Waals surface area contributed by atoms with Crippen LogP contribution in [0.2, 0.25) is 0 Å². The molecule has 0 unspecified atom stereocenters. The van der Waals surface area contributed by atoms with Crippen molar-refractivity contribution in [1.82, 2.24) is 4.31 Å². The SMILES string of the molecule is Cc1c(NC(=O)COc2ccc(S(=O)(=O)N(C)Cc3ccccc3)cc2)cccc1[N+](=O)[O-]. The number of amides is 1. The molecule has 0 spiro atoms. The number of nitro benzene ring substituents is 1. The summed E-state index contributed by atoms with van der Waals surface area (Å²) in [6.07, 6.45) is 0. The van der Waals surface area contributed by atoms with E-state index >= 15 is 0 Å². The minimum absolute atomic E-state index is 0.0947. The fraction of sp³-hybridized carbons (Fsp3) is 0.174. The van der Waals surface area contributed by atoms with Gasteiger partial charge in [0.25, 0.3) is 11.6 Å². The molecule has 33 heavy (non-hydrogen) atoms. The molecule has 1 N–H and O–H groups in total. The zero-order valence-electron chi connectivity index (χ0n) is 18.1. The molecule has 0 aliphatic heterocycles. The van der Waals surface area contributed by atoms with Crippen molar-refractivity contribution in [3.63, 3.8) is 0 Å². The van der Waals surface area contributed by atoms with E-state index in [2.05, 4.69) is 5.32 Å². The number of nitrogens with one attached hydrogen (secondary N) is 1. The van der Waals surface area contributed by atoms with Crippen molar-refractivity contribution < 1.29 is 22.9 Å². The molecule has 0 aliphatic carbocycles. The first-order chi connectivity index (χ1) is 15.7. The summed E-state index contributed by atoms with van der Waals surface area (Å²) in [7, 11) is -2.19. The van der Waals surface area contributed by atoms with Gasteiger partial charge < -0.3 is 10.1 Å². The summed E-state index contributed by atoms with van der Waals surface area (Å²) in [5, 5.41) is 13.6. The first-order valence-corrected chi connectivity index (χ1v) is 11.4. The highest BCUT2D eigenvalue weighted by Crippen LogP contribution is 2.25. The van der Waals surface area contributed by atoms with Crippen LogP contribution in [0.15, 0.2) is 77.7 Å². The molecule has 9 nitrogen and oxygen atoms in total. The van der Waals surface area contributed by atoms with E-state index in [4.69, 9.17) is 4.74 Å². The average molecular weight is 470 g/mol. The van der Waals surface area contributed by atoms with Gasteiger partial charge in [0.1, 0.15) is 5.75 Å². The number of hydrogen-bond donors (Lipinski definition) is 1. The highest BCUT2D eigenvalue weighted by atomic mass is 32.2. The molecule has 0 heterocycles. The van der Waals surface area contributed by atoms with Crippen LogP contribution in [-0.2, 0) is 21.4 Å². The monoisotopic (exact) mass is 469 g/mol. The number of ether oxygens (including phenoxy) is 1. The lowest BCUT2D eigenvalue weighted by molar-refractivity contribution is -0.385.